The SMILES string of the molecule is CCCNC(CC(C)C)c1cc(C)nnc1CC. The zero-order valence-electron chi connectivity index (χ0n) is 12.5. The predicted octanol–water partition coefficient (Wildman–Crippen LogP) is 3.43. The first-order valence-electron chi connectivity index (χ1n) is 7.14. The molecule has 3 heteroatoms. The van der Waals surface area contributed by atoms with E-state index < -0.39 is 0 Å². The normalized spacial score (nSPS) is 13.0. The zero-order chi connectivity index (χ0) is 13.5. The summed E-state index contributed by atoms with van der Waals surface area (Å²) in [7, 11) is 0. The first kappa shape index (κ1) is 15.1. The lowest BCUT2D eigenvalue weighted by molar-refractivity contribution is 0.426. The highest BCUT2D eigenvalue weighted by Crippen LogP contribution is 2.24. The van der Waals surface area contributed by atoms with Crippen molar-refractivity contribution in [1.82, 2.24) is 15.5 Å². The van der Waals surface area contributed by atoms with E-state index in [1.807, 2.05) is 6.92 Å². The quantitative estimate of drug-likeness (QED) is 0.804. The molecule has 0 bridgehead atoms. The Hall–Kier alpha value is -0.960. The van der Waals surface area contributed by atoms with Gasteiger partial charge in [0.05, 0.1) is 11.4 Å². The van der Waals surface area contributed by atoms with E-state index in [2.05, 4.69) is 49.3 Å². The number of hydrogen-bond donors (Lipinski definition) is 1. The molecule has 0 aliphatic heterocycles. The molecule has 1 rings (SSSR count). The first-order chi connectivity index (χ1) is 8.58. The molecule has 18 heavy (non-hydrogen) atoms. The van der Waals surface area contributed by atoms with Crippen molar-refractivity contribution in [2.75, 3.05) is 6.54 Å². The smallest absolute Gasteiger partial charge is 0.0676 e. The molecule has 1 heterocycles. The molecule has 0 aromatic carbocycles. The maximum Gasteiger partial charge on any atom is 0.0676 e. The Morgan fingerprint density at radius 2 is 1.94 bits per heavy atom. The van der Waals surface area contributed by atoms with Crippen LogP contribution in [0.3, 0.4) is 0 Å². The molecule has 0 radical (unpaired) electrons. The zero-order valence-corrected chi connectivity index (χ0v) is 12.5. The lowest BCUT2D eigenvalue weighted by Crippen LogP contribution is -2.25. The molecular weight excluding hydrogens is 222 g/mol. The number of nitrogens with zero attached hydrogens (tertiary/aromatic N) is 2. The van der Waals surface area contributed by atoms with Gasteiger partial charge in [0, 0.05) is 6.04 Å². The van der Waals surface area contributed by atoms with Crippen LogP contribution in [0.2, 0.25) is 0 Å². The average Bonchev–Trinajstić information content (AvgIpc) is 2.34. The van der Waals surface area contributed by atoms with Crippen molar-refractivity contribution in [2.24, 2.45) is 5.92 Å². The Balaban J connectivity index is 2.98. The minimum atomic E-state index is 0.411. The summed E-state index contributed by atoms with van der Waals surface area (Å²) in [6.07, 6.45) is 3.26. The summed E-state index contributed by atoms with van der Waals surface area (Å²) in [5.41, 5.74) is 3.48. The van der Waals surface area contributed by atoms with Gasteiger partial charge >= 0.3 is 0 Å². The molecule has 1 atom stereocenters. The lowest BCUT2D eigenvalue weighted by Gasteiger charge is -2.22. The van der Waals surface area contributed by atoms with Crippen LogP contribution in [-0.4, -0.2) is 16.7 Å². The van der Waals surface area contributed by atoms with Crippen LogP contribution >= 0.6 is 0 Å². The summed E-state index contributed by atoms with van der Waals surface area (Å²) in [5.74, 6) is 0.678. The van der Waals surface area contributed by atoms with E-state index in [-0.39, 0.29) is 0 Å². The molecular formula is C15H27N3. The standard InChI is InChI=1S/C15H27N3/c1-6-8-16-15(9-11(3)4)13-10-12(5)17-18-14(13)7-2/h10-11,15-16H,6-9H2,1-5H3. The van der Waals surface area contributed by atoms with Gasteiger partial charge in [0.15, 0.2) is 0 Å². The van der Waals surface area contributed by atoms with Crippen LogP contribution in [0.5, 0.6) is 0 Å². The number of aromatic nitrogens is 2. The highest BCUT2D eigenvalue weighted by Gasteiger charge is 2.17. The van der Waals surface area contributed by atoms with Crippen molar-refractivity contribution in [3.8, 4) is 0 Å². The van der Waals surface area contributed by atoms with Crippen molar-refractivity contribution < 1.29 is 0 Å². The van der Waals surface area contributed by atoms with Crippen molar-refractivity contribution in [3.05, 3.63) is 23.0 Å². The molecule has 0 aliphatic carbocycles. The molecule has 1 N–H and O–H groups in total. The fourth-order valence-electron chi connectivity index (χ4n) is 2.22. The molecule has 0 amide bonds. The number of rotatable bonds is 7. The Labute approximate surface area is 111 Å². The van der Waals surface area contributed by atoms with Crippen LogP contribution in [0, 0.1) is 12.8 Å². The van der Waals surface area contributed by atoms with Crippen LogP contribution in [0.25, 0.3) is 0 Å². The van der Waals surface area contributed by atoms with E-state index in [1.165, 1.54) is 5.56 Å². The third-order valence-electron chi connectivity index (χ3n) is 3.08. The van der Waals surface area contributed by atoms with Crippen molar-refractivity contribution in [2.45, 2.75) is 59.9 Å². The van der Waals surface area contributed by atoms with Gasteiger partial charge in [0.25, 0.3) is 0 Å². The van der Waals surface area contributed by atoms with Crippen LogP contribution in [0.4, 0.5) is 0 Å². The number of aryl methyl sites for hydroxylation is 2. The Kier molecular flexibility index (Phi) is 6.27. The second-order valence-electron chi connectivity index (χ2n) is 5.38. The fourth-order valence-corrected chi connectivity index (χ4v) is 2.22. The van der Waals surface area contributed by atoms with Gasteiger partial charge in [0.1, 0.15) is 0 Å². The first-order valence-corrected chi connectivity index (χ1v) is 7.14. The van der Waals surface area contributed by atoms with E-state index in [1.54, 1.807) is 0 Å². The van der Waals surface area contributed by atoms with E-state index in [9.17, 15) is 0 Å². The molecule has 0 saturated carbocycles. The van der Waals surface area contributed by atoms with Gasteiger partial charge in [-0.05, 0) is 50.3 Å². The Morgan fingerprint density at radius 1 is 1.22 bits per heavy atom. The Morgan fingerprint density at radius 3 is 2.50 bits per heavy atom. The number of nitrogens with one attached hydrogen (secondary N) is 1. The molecule has 0 saturated heterocycles. The van der Waals surface area contributed by atoms with E-state index in [4.69, 9.17) is 0 Å². The summed E-state index contributed by atoms with van der Waals surface area (Å²) in [6.45, 7) is 12.0. The van der Waals surface area contributed by atoms with E-state index in [0.29, 0.717) is 12.0 Å². The van der Waals surface area contributed by atoms with Gasteiger partial charge < -0.3 is 5.32 Å². The summed E-state index contributed by atoms with van der Waals surface area (Å²) in [4.78, 5) is 0. The molecule has 1 unspecified atom stereocenters. The number of hydrogen-bond acceptors (Lipinski definition) is 3. The summed E-state index contributed by atoms with van der Waals surface area (Å²) in [5, 5.41) is 12.2. The van der Waals surface area contributed by atoms with Gasteiger partial charge in [0.2, 0.25) is 0 Å². The Bertz CT molecular complexity index is 361. The maximum atomic E-state index is 4.34. The topological polar surface area (TPSA) is 37.8 Å². The third-order valence-corrected chi connectivity index (χ3v) is 3.08. The molecule has 102 valence electrons. The second kappa shape index (κ2) is 7.47. The van der Waals surface area contributed by atoms with Gasteiger partial charge in [-0.15, -0.1) is 0 Å². The van der Waals surface area contributed by atoms with Crippen LogP contribution in [0.15, 0.2) is 6.07 Å². The molecule has 1 aromatic rings. The predicted molar refractivity (Wildman–Crippen MR) is 76.6 cm³/mol. The molecule has 1 aromatic heterocycles. The van der Waals surface area contributed by atoms with Gasteiger partial charge in [-0.1, -0.05) is 27.7 Å². The van der Waals surface area contributed by atoms with Crippen LogP contribution < -0.4 is 5.32 Å². The summed E-state index contributed by atoms with van der Waals surface area (Å²) in [6, 6.07) is 2.61. The van der Waals surface area contributed by atoms with Crippen molar-refractivity contribution in [1.29, 1.82) is 0 Å². The van der Waals surface area contributed by atoms with Gasteiger partial charge in [-0.3, -0.25) is 0 Å². The summed E-state index contributed by atoms with van der Waals surface area (Å²) >= 11 is 0. The minimum absolute atomic E-state index is 0.411. The fraction of sp³-hybridized carbons (Fsp3) is 0.733. The van der Waals surface area contributed by atoms with Gasteiger partial charge in [-0.25, -0.2) is 0 Å². The van der Waals surface area contributed by atoms with Crippen LogP contribution in [0.1, 0.15) is 63.5 Å². The monoisotopic (exact) mass is 249 g/mol. The molecule has 0 spiro atoms. The van der Waals surface area contributed by atoms with E-state index >= 15 is 0 Å². The second-order valence-corrected chi connectivity index (χ2v) is 5.38. The van der Waals surface area contributed by atoms with Crippen molar-refractivity contribution in [3.63, 3.8) is 0 Å². The molecule has 0 fully saturated rings. The lowest BCUT2D eigenvalue weighted by atomic mass is 9.95. The summed E-state index contributed by atoms with van der Waals surface area (Å²) < 4.78 is 0. The highest BCUT2D eigenvalue weighted by molar-refractivity contribution is 5.25. The van der Waals surface area contributed by atoms with Crippen LogP contribution in [-0.2, 0) is 6.42 Å². The van der Waals surface area contributed by atoms with Crippen molar-refractivity contribution >= 4 is 0 Å². The largest absolute Gasteiger partial charge is 0.310 e. The molecule has 3 nitrogen and oxygen atoms in total. The molecule has 0 aliphatic rings. The maximum absolute atomic E-state index is 4.34. The average molecular weight is 249 g/mol. The minimum Gasteiger partial charge on any atom is -0.310 e. The highest BCUT2D eigenvalue weighted by atomic mass is 15.1. The third kappa shape index (κ3) is 4.37. The van der Waals surface area contributed by atoms with E-state index in [0.717, 1.165) is 37.2 Å². The van der Waals surface area contributed by atoms with Gasteiger partial charge in [-0.2, -0.15) is 10.2 Å².